The smallest absolute Gasteiger partial charge is 0.188 e. The second kappa shape index (κ2) is 5.98. The summed E-state index contributed by atoms with van der Waals surface area (Å²) in [5.74, 6) is 0.884. The largest absolute Gasteiger partial charge is 0.325 e. The van der Waals surface area contributed by atoms with E-state index in [4.69, 9.17) is 5.73 Å². The van der Waals surface area contributed by atoms with Crippen molar-refractivity contribution in [1.82, 2.24) is 9.97 Å². The van der Waals surface area contributed by atoms with Gasteiger partial charge in [-0.15, -0.1) is 0 Å². The van der Waals surface area contributed by atoms with Gasteiger partial charge in [-0.1, -0.05) is 41.6 Å². The molecule has 0 spiro atoms. The Balaban J connectivity index is 2.08. The summed E-state index contributed by atoms with van der Waals surface area (Å²) in [4.78, 5) is 8.83. The molecule has 0 aliphatic carbocycles. The number of aromatic nitrogens is 2. The minimum Gasteiger partial charge on any atom is -0.325 e. The van der Waals surface area contributed by atoms with E-state index in [1.165, 1.54) is 11.1 Å². The monoisotopic (exact) mass is 259 g/mol. The predicted molar refractivity (Wildman–Crippen MR) is 75.4 cm³/mol. The number of rotatable bonds is 4. The van der Waals surface area contributed by atoms with Crippen molar-refractivity contribution in [3.05, 3.63) is 52.8 Å². The summed E-state index contributed by atoms with van der Waals surface area (Å²) in [6.07, 6.45) is 0. The molecule has 0 saturated heterocycles. The molecule has 2 aromatic rings. The molecule has 1 aromatic carbocycles. The highest BCUT2D eigenvalue weighted by Gasteiger charge is 2.03. The van der Waals surface area contributed by atoms with Crippen LogP contribution in [0.25, 0.3) is 0 Å². The molecule has 0 saturated carbocycles. The molecule has 1 heterocycles. The Kier molecular flexibility index (Phi) is 4.33. The van der Waals surface area contributed by atoms with Crippen molar-refractivity contribution >= 4 is 11.8 Å². The minimum atomic E-state index is 0.460. The van der Waals surface area contributed by atoms with Crippen LogP contribution in [0.3, 0.4) is 0 Å². The van der Waals surface area contributed by atoms with Gasteiger partial charge in [-0.2, -0.15) is 0 Å². The molecule has 0 fully saturated rings. The van der Waals surface area contributed by atoms with E-state index in [1.54, 1.807) is 11.8 Å². The lowest BCUT2D eigenvalue weighted by molar-refractivity contribution is 0.854. The average Bonchev–Trinajstić information content (AvgIpc) is 2.36. The highest BCUT2D eigenvalue weighted by molar-refractivity contribution is 7.98. The third kappa shape index (κ3) is 3.55. The van der Waals surface area contributed by atoms with Crippen molar-refractivity contribution in [2.45, 2.75) is 31.3 Å². The van der Waals surface area contributed by atoms with Crippen LogP contribution in [0.5, 0.6) is 0 Å². The molecular weight excluding hydrogens is 242 g/mol. The quantitative estimate of drug-likeness (QED) is 0.677. The van der Waals surface area contributed by atoms with Crippen molar-refractivity contribution in [1.29, 1.82) is 0 Å². The number of aryl methyl sites for hydroxylation is 2. The van der Waals surface area contributed by atoms with Gasteiger partial charge in [-0.05, 0) is 25.5 Å². The highest BCUT2D eigenvalue weighted by atomic mass is 32.2. The molecular formula is C14H17N3S. The molecule has 0 aliphatic heterocycles. The van der Waals surface area contributed by atoms with Gasteiger partial charge < -0.3 is 5.73 Å². The van der Waals surface area contributed by atoms with Crippen molar-refractivity contribution < 1.29 is 0 Å². The molecule has 0 aliphatic rings. The van der Waals surface area contributed by atoms with Gasteiger partial charge in [0, 0.05) is 18.0 Å². The minimum absolute atomic E-state index is 0.460. The van der Waals surface area contributed by atoms with E-state index in [0.717, 1.165) is 22.3 Å². The molecule has 2 N–H and O–H groups in total. The van der Waals surface area contributed by atoms with Crippen LogP contribution in [0, 0.1) is 13.8 Å². The Morgan fingerprint density at radius 2 is 2.00 bits per heavy atom. The van der Waals surface area contributed by atoms with Crippen LogP contribution in [0.15, 0.2) is 35.5 Å². The molecule has 0 radical (unpaired) electrons. The fraction of sp³-hybridized carbons (Fsp3) is 0.286. The second-order valence-corrected chi connectivity index (χ2v) is 5.21. The summed E-state index contributed by atoms with van der Waals surface area (Å²) in [5.41, 5.74) is 10.1. The van der Waals surface area contributed by atoms with Crippen molar-refractivity contribution in [3.63, 3.8) is 0 Å². The van der Waals surface area contributed by atoms with Crippen molar-refractivity contribution in [3.8, 4) is 0 Å². The molecule has 1 aromatic heterocycles. The van der Waals surface area contributed by atoms with Crippen LogP contribution in [-0.4, -0.2) is 9.97 Å². The van der Waals surface area contributed by atoms with E-state index >= 15 is 0 Å². The van der Waals surface area contributed by atoms with Crippen LogP contribution in [0.1, 0.15) is 22.5 Å². The van der Waals surface area contributed by atoms with Gasteiger partial charge >= 0.3 is 0 Å². The Morgan fingerprint density at radius 1 is 1.17 bits per heavy atom. The Labute approximate surface area is 112 Å². The maximum Gasteiger partial charge on any atom is 0.188 e. The first kappa shape index (κ1) is 13.1. The summed E-state index contributed by atoms with van der Waals surface area (Å²) in [7, 11) is 0. The third-order valence-electron chi connectivity index (χ3n) is 2.55. The van der Waals surface area contributed by atoms with Crippen LogP contribution in [-0.2, 0) is 12.3 Å². The van der Waals surface area contributed by atoms with Gasteiger partial charge in [0.05, 0.1) is 5.69 Å². The van der Waals surface area contributed by atoms with Crippen molar-refractivity contribution in [2.75, 3.05) is 0 Å². The summed E-state index contributed by atoms with van der Waals surface area (Å²) < 4.78 is 0. The van der Waals surface area contributed by atoms with Crippen LogP contribution in [0.2, 0.25) is 0 Å². The zero-order chi connectivity index (χ0) is 13.0. The zero-order valence-corrected chi connectivity index (χ0v) is 11.5. The number of nitrogens with two attached hydrogens (primary N) is 1. The lowest BCUT2D eigenvalue weighted by Gasteiger charge is -2.05. The molecule has 0 amide bonds. The van der Waals surface area contributed by atoms with E-state index in [9.17, 15) is 0 Å². The molecule has 94 valence electrons. The standard InChI is InChI=1S/C14H17N3S/c1-10-4-3-5-12(6-10)9-18-14-16-11(2)7-13(8-15)17-14/h3-7H,8-9,15H2,1-2H3. The summed E-state index contributed by atoms with van der Waals surface area (Å²) >= 11 is 1.65. The van der Waals surface area contributed by atoms with Gasteiger partial charge in [0.1, 0.15) is 0 Å². The Hall–Kier alpha value is -1.39. The van der Waals surface area contributed by atoms with E-state index in [0.29, 0.717) is 6.54 Å². The van der Waals surface area contributed by atoms with E-state index in [-0.39, 0.29) is 0 Å². The Morgan fingerprint density at radius 3 is 2.72 bits per heavy atom. The molecule has 18 heavy (non-hydrogen) atoms. The number of hydrogen-bond acceptors (Lipinski definition) is 4. The van der Waals surface area contributed by atoms with Crippen molar-refractivity contribution in [2.24, 2.45) is 5.73 Å². The van der Waals surface area contributed by atoms with Gasteiger partial charge in [0.15, 0.2) is 5.16 Å². The van der Waals surface area contributed by atoms with E-state index in [1.807, 2.05) is 13.0 Å². The maximum absolute atomic E-state index is 5.62. The molecule has 0 bridgehead atoms. The van der Waals surface area contributed by atoms with E-state index < -0.39 is 0 Å². The van der Waals surface area contributed by atoms with Gasteiger partial charge in [0.25, 0.3) is 0 Å². The van der Waals surface area contributed by atoms with Crippen LogP contribution < -0.4 is 5.73 Å². The third-order valence-corrected chi connectivity index (χ3v) is 3.46. The normalized spacial score (nSPS) is 10.6. The predicted octanol–water partition coefficient (Wildman–Crippen LogP) is 2.84. The maximum atomic E-state index is 5.62. The highest BCUT2D eigenvalue weighted by Crippen LogP contribution is 2.20. The number of hydrogen-bond donors (Lipinski definition) is 1. The first-order valence-electron chi connectivity index (χ1n) is 5.90. The van der Waals surface area contributed by atoms with E-state index in [2.05, 4.69) is 41.2 Å². The van der Waals surface area contributed by atoms with Gasteiger partial charge in [-0.25, -0.2) is 9.97 Å². The number of thioether (sulfide) groups is 1. The molecule has 0 atom stereocenters. The fourth-order valence-electron chi connectivity index (χ4n) is 1.72. The Bertz CT molecular complexity index is 540. The SMILES string of the molecule is Cc1cccc(CSc2nc(C)cc(CN)n2)c1. The summed E-state index contributed by atoms with van der Waals surface area (Å²) in [5, 5.41) is 0.803. The number of benzene rings is 1. The summed E-state index contributed by atoms with van der Waals surface area (Å²) in [6, 6.07) is 10.4. The molecule has 4 heteroatoms. The van der Waals surface area contributed by atoms with Gasteiger partial charge in [-0.3, -0.25) is 0 Å². The van der Waals surface area contributed by atoms with Crippen LogP contribution >= 0.6 is 11.8 Å². The lowest BCUT2D eigenvalue weighted by Crippen LogP contribution is -2.03. The molecule has 0 unspecified atom stereocenters. The molecule has 2 rings (SSSR count). The first-order valence-corrected chi connectivity index (χ1v) is 6.89. The lowest BCUT2D eigenvalue weighted by atomic mass is 10.2. The summed E-state index contributed by atoms with van der Waals surface area (Å²) in [6.45, 7) is 4.53. The topological polar surface area (TPSA) is 51.8 Å². The molecule has 3 nitrogen and oxygen atoms in total. The second-order valence-electron chi connectivity index (χ2n) is 4.27. The average molecular weight is 259 g/mol. The fourth-order valence-corrected chi connectivity index (χ4v) is 2.59. The number of nitrogens with zero attached hydrogens (tertiary/aromatic N) is 2. The first-order chi connectivity index (χ1) is 8.67. The van der Waals surface area contributed by atoms with Gasteiger partial charge in [0.2, 0.25) is 0 Å². The zero-order valence-electron chi connectivity index (χ0n) is 10.7. The van der Waals surface area contributed by atoms with Crippen LogP contribution in [0.4, 0.5) is 0 Å².